The van der Waals surface area contributed by atoms with Crippen molar-refractivity contribution in [1.29, 1.82) is 0 Å². The first-order chi connectivity index (χ1) is 7.36. The standard InChI is InChI=1S/C13H9ClO/c1-2-3-4-5-6-7-8-12-9-10-13(11-14)15-12/h8-10,13H,11H2,1H3. The highest BCUT2D eigenvalue weighted by Gasteiger charge is 2.11. The minimum Gasteiger partial charge on any atom is -0.484 e. The van der Waals surface area contributed by atoms with Crippen LogP contribution in [0.2, 0.25) is 0 Å². The summed E-state index contributed by atoms with van der Waals surface area (Å²) in [7, 11) is 0. The maximum Gasteiger partial charge on any atom is 0.131 e. The van der Waals surface area contributed by atoms with Gasteiger partial charge >= 0.3 is 0 Å². The lowest BCUT2D eigenvalue weighted by Gasteiger charge is -2.04. The third-order valence-electron chi connectivity index (χ3n) is 1.51. The zero-order valence-electron chi connectivity index (χ0n) is 8.30. The van der Waals surface area contributed by atoms with Gasteiger partial charge in [-0.05, 0) is 42.8 Å². The maximum absolute atomic E-state index is 5.61. The summed E-state index contributed by atoms with van der Waals surface area (Å²) in [6.45, 7) is 1.73. The van der Waals surface area contributed by atoms with E-state index in [4.69, 9.17) is 16.3 Å². The number of hydrogen-bond acceptors (Lipinski definition) is 1. The van der Waals surface area contributed by atoms with Crippen LogP contribution in [0.15, 0.2) is 24.0 Å². The van der Waals surface area contributed by atoms with Gasteiger partial charge in [0.2, 0.25) is 0 Å². The molecule has 0 aromatic heterocycles. The molecule has 1 unspecified atom stereocenters. The van der Waals surface area contributed by atoms with E-state index in [1.165, 1.54) is 0 Å². The molecule has 0 fully saturated rings. The van der Waals surface area contributed by atoms with Gasteiger partial charge in [-0.15, -0.1) is 11.6 Å². The quantitative estimate of drug-likeness (QED) is 0.482. The number of allylic oxidation sites excluding steroid dienone is 2. The summed E-state index contributed by atoms with van der Waals surface area (Å²) in [6.07, 6.45) is 5.38. The predicted molar refractivity (Wildman–Crippen MR) is 61.8 cm³/mol. The fourth-order valence-electron chi connectivity index (χ4n) is 0.889. The molecule has 74 valence electrons. The van der Waals surface area contributed by atoms with Crippen molar-refractivity contribution in [3.63, 3.8) is 0 Å². The van der Waals surface area contributed by atoms with E-state index in [1.54, 1.807) is 13.0 Å². The van der Waals surface area contributed by atoms with E-state index in [0.717, 1.165) is 5.76 Å². The van der Waals surface area contributed by atoms with Gasteiger partial charge in [-0.3, -0.25) is 0 Å². The molecular weight excluding hydrogens is 208 g/mol. The van der Waals surface area contributed by atoms with Crippen molar-refractivity contribution >= 4 is 11.6 Å². The van der Waals surface area contributed by atoms with Crippen LogP contribution in [0.4, 0.5) is 0 Å². The molecule has 0 aromatic carbocycles. The number of alkyl halides is 1. The Morgan fingerprint density at radius 2 is 2.20 bits per heavy atom. The first kappa shape index (κ1) is 11.3. The summed E-state index contributed by atoms with van der Waals surface area (Å²) in [5, 5.41) is 0. The third kappa shape index (κ3) is 4.33. The second-order valence-electron chi connectivity index (χ2n) is 2.61. The summed E-state index contributed by atoms with van der Waals surface area (Å²) in [4.78, 5) is 0. The Hall–Kier alpha value is -1.75. The Labute approximate surface area is 95.1 Å². The van der Waals surface area contributed by atoms with Crippen LogP contribution in [-0.2, 0) is 4.74 Å². The molecule has 0 bridgehead atoms. The van der Waals surface area contributed by atoms with Crippen LogP contribution in [-0.4, -0.2) is 12.0 Å². The molecule has 15 heavy (non-hydrogen) atoms. The number of hydrogen-bond donors (Lipinski definition) is 0. The highest BCUT2D eigenvalue weighted by molar-refractivity contribution is 6.18. The molecule has 1 rings (SSSR count). The summed E-state index contributed by atoms with van der Waals surface area (Å²) < 4.78 is 5.38. The smallest absolute Gasteiger partial charge is 0.131 e. The van der Waals surface area contributed by atoms with Gasteiger partial charge in [-0.1, -0.05) is 11.8 Å². The van der Waals surface area contributed by atoms with Crippen molar-refractivity contribution in [2.45, 2.75) is 13.0 Å². The molecule has 1 atom stereocenters. The van der Waals surface area contributed by atoms with Gasteiger partial charge in [0.25, 0.3) is 0 Å². The molecule has 0 N–H and O–H groups in total. The molecule has 1 heterocycles. The van der Waals surface area contributed by atoms with E-state index in [0.29, 0.717) is 5.88 Å². The number of ether oxygens (including phenoxy) is 1. The fourth-order valence-corrected chi connectivity index (χ4v) is 1.05. The Morgan fingerprint density at radius 3 is 2.87 bits per heavy atom. The van der Waals surface area contributed by atoms with Crippen molar-refractivity contribution in [2.75, 3.05) is 5.88 Å². The van der Waals surface area contributed by atoms with Gasteiger partial charge in [0.15, 0.2) is 0 Å². The van der Waals surface area contributed by atoms with Gasteiger partial charge in [0.05, 0.1) is 5.88 Å². The van der Waals surface area contributed by atoms with E-state index in [2.05, 4.69) is 35.5 Å². The molecule has 0 saturated heterocycles. The van der Waals surface area contributed by atoms with Crippen LogP contribution in [0.5, 0.6) is 0 Å². The van der Waals surface area contributed by atoms with E-state index in [-0.39, 0.29) is 6.10 Å². The monoisotopic (exact) mass is 216 g/mol. The Kier molecular flexibility index (Phi) is 5.03. The van der Waals surface area contributed by atoms with E-state index in [1.807, 2.05) is 12.2 Å². The highest BCUT2D eigenvalue weighted by atomic mass is 35.5. The lowest BCUT2D eigenvalue weighted by atomic mass is 10.4. The van der Waals surface area contributed by atoms with E-state index >= 15 is 0 Å². The maximum atomic E-state index is 5.61. The van der Waals surface area contributed by atoms with Crippen LogP contribution in [0.3, 0.4) is 0 Å². The summed E-state index contributed by atoms with van der Waals surface area (Å²) in [5.41, 5.74) is 0. The van der Waals surface area contributed by atoms with Crippen molar-refractivity contribution in [2.24, 2.45) is 0 Å². The van der Waals surface area contributed by atoms with Crippen LogP contribution < -0.4 is 0 Å². The van der Waals surface area contributed by atoms with Crippen LogP contribution >= 0.6 is 11.6 Å². The fraction of sp³-hybridized carbons (Fsp3) is 0.231. The first-order valence-electron chi connectivity index (χ1n) is 4.40. The SMILES string of the molecule is CC#CC#CC#CC=C1C=CC(CCl)O1. The van der Waals surface area contributed by atoms with Crippen molar-refractivity contribution in [3.05, 3.63) is 24.0 Å². The molecule has 0 radical (unpaired) electrons. The second kappa shape index (κ2) is 6.67. The Balaban J connectivity index is 2.49. The molecule has 2 heteroatoms. The number of halogens is 1. The molecular formula is C13H9ClO. The summed E-state index contributed by atoms with van der Waals surface area (Å²) in [6, 6.07) is 0. The van der Waals surface area contributed by atoms with Gasteiger partial charge in [-0.25, -0.2) is 0 Å². The van der Waals surface area contributed by atoms with Gasteiger partial charge in [-0.2, -0.15) is 0 Å². The third-order valence-corrected chi connectivity index (χ3v) is 1.82. The normalized spacial score (nSPS) is 19.1. The number of rotatable bonds is 1. The van der Waals surface area contributed by atoms with E-state index in [9.17, 15) is 0 Å². The van der Waals surface area contributed by atoms with Crippen LogP contribution in [0.1, 0.15) is 6.92 Å². The van der Waals surface area contributed by atoms with Crippen LogP contribution in [0.25, 0.3) is 0 Å². The van der Waals surface area contributed by atoms with Gasteiger partial charge in [0, 0.05) is 6.08 Å². The van der Waals surface area contributed by atoms with Crippen molar-refractivity contribution in [1.82, 2.24) is 0 Å². The zero-order valence-corrected chi connectivity index (χ0v) is 9.06. The lowest BCUT2D eigenvalue weighted by molar-refractivity contribution is 0.201. The second-order valence-corrected chi connectivity index (χ2v) is 2.92. The highest BCUT2D eigenvalue weighted by Crippen LogP contribution is 2.14. The minimum atomic E-state index is -0.0308. The van der Waals surface area contributed by atoms with Crippen molar-refractivity contribution in [3.8, 4) is 35.5 Å². The molecule has 0 aromatic rings. The van der Waals surface area contributed by atoms with Crippen LogP contribution in [0, 0.1) is 35.5 Å². The molecule has 0 aliphatic carbocycles. The molecule has 1 aliphatic heterocycles. The average Bonchev–Trinajstić information content (AvgIpc) is 2.71. The summed E-state index contributed by atoms with van der Waals surface area (Å²) in [5.74, 6) is 17.0. The topological polar surface area (TPSA) is 9.23 Å². The molecule has 0 spiro atoms. The molecule has 0 saturated carbocycles. The van der Waals surface area contributed by atoms with Crippen molar-refractivity contribution < 1.29 is 4.74 Å². The van der Waals surface area contributed by atoms with Gasteiger partial charge < -0.3 is 4.74 Å². The first-order valence-corrected chi connectivity index (χ1v) is 4.93. The molecule has 0 amide bonds. The lowest BCUT2D eigenvalue weighted by Crippen LogP contribution is -2.04. The summed E-state index contributed by atoms with van der Waals surface area (Å²) >= 11 is 5.61. The Bertz CT molecular complexity index is 452. The van der Waals surface area contributed by atoms with Gasteiger partial charge in [0.1, 0.15) is 11.9 Å². The average molecular weight is 217 g/mol. The zero-order chi connectivity index (χ0) is 10.9. The van der Waals surface area contributed by atoms with E-state index < -0.39 is 0 Å². The minimum absolute atomic E-state index is 0.0308. The Morgan fingerprint density at radius 1 is 1.40 bits per heavy atom. The predicted octanol–water partition coefficient (Wildman–Crippen LogP) is 2.09. The molecule has 1 aliphatic rings. The largest absolute Gasteiger partial charge is 0.484 e. The molecule has 1 nitrogen and oxygen atoms in total.